The molecule has 192 valence electrons. The highest BCUT2D eigenvalue weighted by Crippen LogP contribution is 2.47. The minimum atomic E-state index is -0.944. The molecular formula is C29H26BrCl2NO3S. The van der Waals surface area contributed by atoms with Crippen LogP contribution in [0.5, 0.6) is 0 Å². The molecule has 8 heteroatoms. The van der Waals surface area contributed by atoms with Crippen LogP contribution in [-0.4, -0.2) is 23.5 Å². The molecule has 0 aliphatic carbocycles. The summed E-state index contributed by atoms with van der Waals surface area (Å²) in [5, 5.41) is 16.2. The number of carboxylic acids is 1. The van der Waals surface area contributed by atoms with Crippen LogP contribution in [0.15, 0.2) is 70.5 Å². The van der Waals surface area contributed by atoms with Crippen molar-refractivity contribution in [2.75, 3.05) is 6.54 Å². The molecule has 1 aromatic heterocycles. The number of carboxylic acid groups (broad SMARTS) is 1. The number of thiophene rings is 1. The summed E-state index contributed by atoms with van der Waals surface area (Å²) in [6, 6.07) is 19.6. The van der Waals surface area contributed by atoms with Crippen molar-refractivity contribution < 1.29 is 14.7 Å². The molecule has 0 saturated carbocycles. The third kappa shape index (κ3) is 6.55. The Morgan fingerprint density at radius 2 is 1.68 bits per heavy atom. The number of fused-ring (bicyclic) bond motifs is 1. The van der Waals surface area contributed by atoms with Gasteiger partial charge in [-0.2, -0.15) is 0 Å². The molecular weight excluding hydrogens is 593 g/mol. The van der Waals surface area contributed by atoms with E-state index in [0.29, 0.717) is 15.6 Å². The molecule has 2 unspecified atom stereocenters. The molecule has 37 heavy (non-hydrogen) atoms. The van der Waals surface area contributed by atoms with Crippen molar-refractivity contribution >= 4 is 72.4 Å². The van der Waals surface area contributed by atoms with Gasteiger partial charge in [-0.15, -0.1) is 11.3 Å². The maximum atomic E-state index is 12.5. The zero-order valence-corrected chi connectivity index (χ0v) is 24.1. The summed E-state index contributed by atoms with van der Waals surface area (Å²) in [5.41, 5.74) is 4.00. The number of benzene rings is 3. The molecule has 0 aliphatic rings. The van der Waals surface area contributed by atoms with E-state index in [1.807, 2.05) is 48.5 Å². The fourth-order valence-electron chi connectivity index (χ4n) is 4.72. The van der Waals surface area contributed by atoms with E-state index in [9.17, 15) is 9.59 Å². The standard InChI is InChI=1S/C29H26BrCl2NO3S/c1-2-3-22(17-4-6-19(7-5-17)29(36)33-13-12-26(34)35)27(18-8-10-20(31)11-9-18)24-16-37-28-23(24)14-21(32)15-25(28)30/h4-11,14-16,22,27H,2-3,12-13H2,1H3,(H,33,36)(H,34,35). The summed E-state index contributed by atoms with van der Waals surface area (Å²) in [6.07, 6.45) is 1.81. The summed E-state index contributed by atoms with van der Waals surface area (Å²) < 4.78 is 2.13. The van der Waals surface area contributed by atoms with Crippen LogP contribution in [-0.2, 0) is 4.79 Å². The highest BCUT2D eigenvalue weighted by atomic mass is 79.9. The lowest BCUT2D eigenvalue weighted by Gasteiger charge is -2.29. The van der Waals surface area contributed by atoms with Gasteiger partial charge in [0.15, 0.2) is 0 Å². The summed E-state index contributed by atoms with van der Waals surface area (Å²) in [5.74, 6) is -1.03. The van der Waals surface area contributed by atoms with Crippen molar-refractivity contribution in [2.45, 2.75) is 38.0 Å². The van der Waals surface area contributed by atoms with Crippen molar-refractivity contribution in [3.05, 3.63) is 103 Å². The smallest absolute Gasteiger partial charge is 0.305 e. The number of hydrogen-bond donors (Lipinski definition) is 2. The molecule has 0 fully saturated rings. The molecule has 1 heterocycles. The zero-order valence-electron chi connectivity index (χ0n) is 20.1. The Bertz CT molecular complexity index is 1400. The number of amides is 1. The van der Waals surface area contributed by atoms with Crippen LogP contribution in [0.1, 0.15) is 65.1 Å². The topological polar surface area (TPSA) is 66.4 Å². The number of halogens is 3. The lowest BCUT2D eigenvalue weighted by molar-refractivity contribution is -0.136. The van der Waals surface area contributed by atoms with Gasteiger partial charge in [0.05, 0.1) is 6.42 Å². The van der Waals surface area contributed by atoms with Gasteiger partial charge in [0.2, 0.25) is 0 Å². The largest absolute Gasteiger partial charge is 0.481 e. The second-order valence-electron chi connectivity index (χ2n) is 8.90. The van der Waals surface area contributed by atoms with E-state index in [4.69, 9.17) is 28.3 Å². The number of rotatable bonds is 10. The van der Waals surface area contributed by atoms with Gasteiger partial charge in [-0.1, -0.05) is 60.8 Å². The van der Waals surface area contributed by atoms with Gasteiger partial charge in [-0.25, -0.2) is 0 Å². The van der Waals surface area contributed by atoms with Gasteiger partial charge in [0, 0.05) is 37.2 Å². The highest BCUT2D eigenvalue weighted by Gasteiger charge is 2.29. The Hall–Kier alpha value is -2.38. The molecule has 4 nitrogen and oxygen atoms in total. The predicted molar refractivity (Wildman–Crippen MR) is 157 cm³/mol. The number of nitrogens with one attached hydrogen (secondary N) is 1. The summed E-state index contributed by atoms with van der Waals surface area (Å²) in [6.45, 7) is 2.27. The Labute approximate surface area is 238 Å². The highest BCUT2D eigenvalue weighted by molar-refractivity contribution is 9.10. The predicted octanol–water partition coefficient (Wildman–Crippen LogP) is 8.89. The van der Waals surface area contributed by atoms with Gasteiger partial charge in [0.25, 0.3) is 5.91 Å². The lowest BCUT2D eigenvalue weighted by atomic mass is 9.75. The van der Waals surface area contributed by atoms with Crippen LogP contribution in [0, 0.1) is 0 Å². The number of hydrogen-bond acceptors (Lipinski definition) is 3. The lowest BCUT2D eigenvalue weighted by Crippen LogP contribution is -2.26. The minimum Gasteiger partial charge on any atom is -0.481 e. The Balaban J connectivity index is 1.76. The number of carbonyl (C=O) groups is 2. The molecule has 0 bridgehead atoms. The van der Waals surface area contributed by atoms with E-state index in [1.165, 1.54) is 5.56 Å². The van der Waals surface area contributed by atoms with Crippen LogP contribution >= 0.6 is 50.5 Å². The quantitative estimate of drug-likeness (QED) is 0.186. The van der Waals surface area contributed by atoms with Gasteiger partial charge in [-0.05, 0) is 92.1 Å². The second kappa shape index (κ2) is 12.4. The molecule has 4 rings (SSSR count). The van der Waals surface area contributed by atoms with Crippen LogP contribution < -0.4 is 5.32 Å². The maximum Gasteiger partial charge on any atom is 0.305 e. The minimum absolute atomic E-state index is 0.0478. The maximum absolute atomic E-state index is 12.5. The Morgan fingerprint density at radius 1 is 1.00 bits per heavy atom. The number of carbonyl (C=O) groups excluding carboxylic acids is 1. The van der Waals surface area contributed by atoms with Crippen LogP contribution in [0.3, 0.4) is 0 Å². The average molecular weight is 619 g/mol. The average Bonchev–Trinajstić information content (AvgIpc) is 3.28. The van der Waals surface area contributed by atoms with Gasteiger partial charge >= 0.3 is 5.97 Å². The monoisotopic (exact) mass is 617 g/mol. The van der Waals surface area contributed by atoms with Gasteiger partial charge < -0.3 is 10.4 Å². The molecule has 0 spiro atoms. The molecule has 1 amide bonds. The Kier molecular flexibility index (Phi) is 9.30. The fourth-order valence-corrected chi connectivity index (χ4v) is 6.93. The molecule has 2 atom stereocenters. The van der Waals surface area contributed by atoms with Crippen LogP contribution in [0.4, 0.5) is 0 Å². The van der Waals surface area contributed by atoms with E-state index in [2.05, 4.69) is 45.7 Å². The second-order valence-corrected chi connectivity index (χ2v) is 11.5. The summed E-state index contributed by atoms with van der Waals surface area (Å²) in [4.78, 5) is 23.2. The molecule has 3 aromatic carbocycles. The van der Waals surface area contributed by atoms with Crippen molar-refractivity contribution in [3.8, 4) is 0 Å². The van der Waals surface area contributed by atoms with E-state index < -0.39 is 5.97 Å². The molecule has 4 aromatic rings. The van der Waals surface area contributed by atoms with Crippen LogP contribution in [0.2, 0.25) is 10.0 Å². The normalized spacial score (nSPS) is 12.9. The summed E-state index contributed by atoms with van der Waals surface area (Å²) in [7, 11) is 0. The molecule has 0 radical (unpaired) electrons. The van der Waals surface area contributed by atoms with E-state index >= 15 is 0 Å². The molecule has 2 N–H and O–H groups in total. The van der Waals surface area contributed by atoms with Crippen molar-refractivity contribution in [2.24, 2.45) is 0 Å². The molecule has 0 aliphatic heterocycles. The number of aliphatic carboxylic acids is 1. The molecule has 0 saturated heterocycles. The van der Waals surface area contributed by atoms with Crippen molar-refractivity contribution in [1.29, 1.82) is 0 Å². The first-order valence-corrected chi connectivity index (χ1v) is 14.4. The zero-order chi connectivity index (χ0) is 26.5. The van der Waals surface area contributed by atoms with Crippen LogP contribution in [0.25, 0.3) is 10.1 Å². The van der Waals surface area contributed by atoms with Gasteiger partial charge in [0.1, 0.15) is 0 Å². The van der Waals surface area contributed by atoms with E-state index in [-0.39, 0.29) is 30.7 Å². The van der Waals surface area contributed by atoms with Gasteiger partial charge in [-0.3, -0.25) is 9.59 Å². The van der Waals surface area contributed by atoms with Crippen molar-refractivity contribution in [1.82, 2.24) is 5.32 Å². The first kappa shape index (κ1) is 27.6. The first-order chi connectivity index (χ1) is 17.8. The first-order valence-electron chi connectivity index (χ1n) is 12.0. The van der Waals surface area contributed by atoms with E-state index in [1.54, 1.807) is 11.3 Å². The third-order valence-electron chi connectivity index (χ3n) is 6.41. The van der Waals surface area contributed by atoms with E-state index in [0.717, 1.165) is 38.5 Å². The SMILES string of the molecule is CCCC(c1ccc(C(=O)NCCC(=O)O)cc1)C(c1ccc(Cl)cc1)c1csc2c(Br)cc(Cl)cc12. The van der Waals surface area contributed by atoms with Crippen molar-refractivity contribution in [3.63, 3.8) is 0 Å². The summed E-state index contributed by atoms with van der Waals surface area (Å²) >= 11 is 18.1. The third-order valence-corrected chi connectivity index (χ3v) is 8.82. The Morgan fingerprint density at radius 3 is 2.32 bits per heavy atom. The fraction of sp³-hybridized carbons (Fsp3) is 0.241.